The third-order valence-corrected chi connectivity index (χ3v) is 4.48. The summed E-state index contributed by atoms with van der Waals surface area (Å²) in [5.41, 5.74) is 8.16. The second-order valence-electron chi connectivity index (χ2n) is 6.83. The number of ether oxygens (including phenoxy) is 1. The summed E-state index contributed by atoms with van der Waals surface area (Å²) in [5, 5.41) is 11.6. The summed E-state index contributed by atoms with van der Waals surface area (Å²) in [6, 6.07) is -0.107. The molecule has 8 heteroatoms. The number of nitrogens with zero attached hydrogens (tertiary/aromatic N) is 3. The lowest BCUT2D eigenvalue weighted by atomic mass is 9.94. The van der Waals surface area contributed by atoms with Gasteiger partial charge in [-0.2, -0.15) is 0 Å². The van der Waals surface area contributed by atoms with E-state index in [1.807, 2.05) is 24.9 Å². The highest BCUT2D eigenvalue weighted by molar-refractivity contribution is 5.65. The zero-order chi connectivity index (χ0) is 17.3. The van der Waals surface area contributed by atoms with Crippen molar-refractivity contribution in [3.63, 3.8) is 0 Å². The van der Waals surface area contributed by atoms with Gasteiger partial charge < -0.3 is 25.8 Å². The van der Waals surface area contributed by atoms with Gasteiger partial charge in [-0.25, -0.2) is 14.8 Å². The third-order valence-electron chi connectivity index (χ3n) is 4.48. The van der Waals surface area contributed by atoms with E-state index in [9.17, 15) is 4.79 Å². The SMILES string of the molecule is CC(C)O[C@H]1CN(c2ncc3c(n2)CCC(N)C3)C[C@@H]1NC(=O)O. The fourth-order valence-electron chi connectivity index (χ4n) is 3.40. The van der Waals surface area contributed by atoms with Gasteiger partial charge >= 0.3 is 6.09 Å². The summed E-state index contributed by atoms with van der Waals surface area (Å²) in [6.07, 6.45) is 3.24. The number of rotatable bonds is 4. The Hall–Kier alpha value is -1.93. The van der Waals surface area contributed by atoms with Gasteiger partial charge in [-0.15, -0.1) is 0 Å². The topological polar surface area (TPSA) is 114 Å². The summed E-state index contributed by atoms with van der Waals surface area (Å²) in [5.74, 6) is 0.635. The Balaban J connectivity index is 1.76. The van der Waals surface area contributed by atoms with Crippen molar-refractivity contribution in [2.45, 2.75) is 57.4 Å². The summed E-state index contributed by atoms with van der Waals surface area (Å²) in [7, 11) is 0. The molecule has 8 nitrogen and oxygen atoms in total. The molecule has 1 aromatic rings. The van der Waals surface area contributed by atoms with E-state index in [2.05, 4.69) is 15.3 Å². The Labute approximate surface area is 141 Å². The molecule has 2 heterocycles. The maximum Gasteiger partial charge on any atom is 0.405 e. The minimum atomic E-state index is -1.04. The standard InChI is InChI=1S/C16H25N5O3/c1-9(2)24-14-8-21(7-13(14)20-16(22)23)15-18-6-10-5-11(17)3-4-12(10)19-15/h6,9,11,13-14,20H,3-5,7-8,17H2,1-2H3,(H,22,23)/t11?,13-,14-/m0/s1. The van der Waals surface area contributed by atoms with Crippen molar-refractivity contribution in [1.29, 1.82) is 0 Å². The van der Waals surface area contributed by atoms with Crippen LogP contribution in [-0.2, 0) is 17.6 Å². The number of amides is 1. The van der Waals surface area contributed by atoms with Gasteiger partial charge in [-0.05, 0) is 38.7 Å². The summed E-state index contributed by atoms with van der Waals surface area (Å²) >= 11 is 0. The maximum atomic E-state index is 11.0. The van der Waals surface area contributed by atoms with Crippen LogP contribution in [-0.4, -0.2) is 58.5 Å². The molecule has 1 fully saturated rings. The van der Waals surface area contributed by atoms with E-state index in [1.54, 1.807) is 0 Å². The van der Waals surface area contributed by atoms with Crippen molar-refractivity contribution < 1.29 is 14.6 Å². The predicted molar refractivity (Wildman–Crippen MR) is 89.2 cm³/mol. The van der Waals surface area contributed by atoms with Crippen LogP contribution in [0.25, 0.3) is 0 Å². The molecule has 4 N–H and O–H groups in total. The molecule has 24 heavy (non-hydrogen) atoms. The van der Waals surface area contributed by atoms with Crippen molar-refractivity contribution in [2.75, 3.05) is 18.0 Å². The van der Waals surface area contributed by atoms with Gasteiger partial charge in [-0.3, -0.25) is 0 Å². The molecule has 1 aliphatic heterocycles. The highest BCUT2D eigenvalue weighted by Crippen LogP contribution is 2.24. The molecule has 0 aromatic carbocycles. The highest BCUT2D eigenvalue weighted by atomic mass is 16.5. The van der Waals surface area contributed by atoms with E-state index in [0.29, 0.717) is 19.0 Å². The zero-order valence-electron chi connectivity index (χ0n) is 14.1. The molecule has 0 spiro atoms. The van der Waals surface area contributed by atoms with Gasteiger partial charge in [-0.1, -0.05) is 0 Å². The van der Waals surface area contributed by atoms with Gasteiger partial charge in [0, 0.05) is 31.0 Å². The number of nitrogens with one attached hydrogen (secondary N) is 1. The van der Waals surface area contributed by atoms with Crippen molar-refractivity contribution >= 4 is 12.0 Å². The average Bonchev–Trinajstić information content (AvgIpc) is 2.88. The molecule has 0 radical (unpaired) electrons. The van der Waals surface area contributed by atoms with Crippen LogP contribution in [0.4, 0.5) is 10.7 Å². The lowest BCUT2D eigenvalue weighted by Gasteiger charge is -2.23. The molecule has 132 valence electrons. The largest absolute Gasteiger partial charge is 0.465 e. The van der Waals surface area contributed by atoms with Gasteiger partial charge in [0.15, 0.2) is 0 Å². The minimum Gasteiger partial charge on any atom is -0.465 e. The van der Waals surface area contributed by atoms with E-state index in [1.165, 1.54) is 0 Å². The molecule has 1 aromatic heterocycles. The lowest BCUT2D eigenvalue weighted by molar-refractivity contribution is 0.00694. The number of fused-ring (bicyclic) bond motifs is 1. The van der Waals surface area contributed by atoms with E-state index >= 15 is 0 Å². The zero-order valence-corrected chi connectivity index (χ0v) is 14.1. The fourth-order valence-corrected chi connectivity index (χ4v) is 3.40. The number of carbonyl (C=O) groups is 1. The Morgan fingerprint density at radius 2 is 2.29 bits per heavy atom. The lowest BCUT2D eigenvalue weighted by Crippen LogP contribution is -2.44. The molecule has 1 saturated heterocycles. The van der Waals surface area contributed by atoms with E-state index < -0.39 is 6.09 Å². The van der Waals surface area contributed by atoms with Crippen LogP contribution in [0.15, 0.2) is 6.20 Å². The number of aromatic nitrogens is 2. The van der Waals surface area contributed by atoms with Crippen LogP contribution >= 0.6 is 0 Å². The highest BCUT2D eigenvalue weighted by Gasteiger charge is 2.36. The van der Waals surface area contributed by atoms with Crippen LogP contribution < -0.4 is 16.0 Å². The Bertz CT molecular complexity index is 609. The van der Waals surface area contributed by atoms with Gasteiger partial charge in [0.25, 0.3) is 0 Å². The Kier molecular flexibility index (Phi) is 4.86. The monoisotopic (exact) mass is 335 g/mol. The first-order valence-corrected chi connectivity index (χ1v) is 8.42. The Morgan fingerprint density at radius 1 is 1.50 bits per heavy atom. The molecule has 0 bridgehead atoms. The molecule has 1 unspecified atom stereocenters. The number of carboxylic acid groups (broad SMARTS) is 1. The van der Waals surface area contributed by atoms with Crippen molar-refractivity contribution in [3.05, 3.63) is 17.5 Å². The fraction of sp³-hybridized carbons (Fsp3) is 0.688. The number of aryl methyl sites for hydroxylation is 1. The van der Waals surface area contributed by atoms with E-state index in [0.717, 1.165) is 30.5 Å². The first-order valence-electron chi connectivity index (χ1n) is 8.42. The average molecular weight is 335 g/mol. The van der Waals surface area contributed by atoms with Crippen LogP contribution in [0.2, 0.25) is 0 Å². The number of hydrogen-bond donors (Lipinski definition) is 3. The van der Waals surface area contributed by atoms with Crippen molar-refractivity contribution in [1.82, 2.24) is 15.3 Å². The number of nitrogens with two attached hydrogens (primary N) is 1. The van der Waals surface area contributed by atoms with Crippen LogP contribution in [0.5, 0.6) is 0 Å². The predicted octanol–water partition coefficient (Wildman–Crippen LogP) is 0.542. The molecule has 3 atom stereocenters. The van der Waals surface area contributed by atoms with Gasteiger partial charge in [0.2, 0.25) is 5.95 Å². The molecular formula is C16H25N5O3. The van der Waals surface area contributed by atoms with Gasteiger partial charge in [0.1, 0.15) is 0 Å². The minimum absolute atomic E-state index is 0.0268. The van der Waals surface area contributed by atoms with Crippen LogP contribution in [0.1, 0.15) is 31.5 Å². The quantitative estimate of drug-likeness (QED) is 0.736. The smallest absolute Gasteiger partial charge is 0.405 e. The van der Waals surface area contributed by atoms with E-state index in [-0.39, 0.29) is 24.3 Å². The molecule has 1 aliphatic carbocycles. The molecule has 2 aliphatic rings. The van der Waals surface area contributed by atoms with Crippen LogP contribution in [0, 0.1) is 0 Å². The van der Waals surface area contributed by atoms with Gasteiger partial charge in [0.05, 0.1) is 18.2 Å². The maximum absolute atomic E-state index is 11.0. The summed E-state index contributed by atoms with van der Waals surface area (Å²) in [6.45, 7) is 4.96. The molecule has 3 rings (SSSR count). The number of anilines is 1. The summed E-state index contributed by atoms with van der Waals surface area (Å²) < 4.78 is 5.86. The van der Waals surface area contributed by atoms with Crippen LogP contribution in [0.3, 0.4) is 0 Å². The normalized spacial score (nSPS) is 26.5. The van der Waals surface area contributed by atoms with Crippen molar-refractivity contribution in [3.8, 4) is 0 Å². The van der Waals surface area contributed by atoms with E-state index in [4.69, 9.17) is 15.6 Å². The molecule has 1 amide bonds. The summed E-state index contributed by atoms with van der Waals surface area (Å²) in [4.78, 5) is 22.2. The van der Waals surface area contributed by atoms with Crippen molar-refractivity contribution in [2.24, 2.45) is 5.73 Å². The second kappa shape index (κ2) is 6.90. The number of hydrogen-bond acceptors (Lipinski definition) is 6. The second-order valence-corrected chi connectivity index (χ2v) is 6.83. The molecular weight excluding hydrogens is 310 g/mol. The first kappa shape index (κ1) is 16.9. The molecule has 0 saturated carbocycles. The third kappa shape index (κ3) is 3.76. The first-order chi connectivity index (χ1) is 11.4. The Morgan fingerprint density at radius 3 is 3.00 bits per heavy atom.